The number of hydrogen-bond acceptors (Lipinski definition) is 4. The maximum atomic E-state index is 11.2. The Morgan fingerprint density at radius 3 is 2.78 bits per heavy atom. The van der Waals surface area contributed by atoms with Gasteiger partial charge < -0.3 is 15.3 Å². The topological polar surface area (TPSA) is 65.5 Å². The highest BCUT2D eigenvalue weighted by atomic mass is 35.5. The average Bonchev–Trinajstić information content (AvgIpc) is 2.38. The molecule has 1 saturated heterocycles. The molecule has 2 N–H and O–H groups in total. The largest absolute Gasteiger partial charge is 0.478 e. The lowest BCUT2D eigenvalue weighted by Crippen LogP contribution is -2.42. The molecule has 18 heavy (non-hydrogen) atoms. The van der Waals surface area contributed by atoms with Crippen LogP contribution < -0.4 is 10.2 Å². The molecule has 0 aromatic carbocycles. The summed E-state index contributed by atoms with van der Waals surface area (Å²) in [7, 11) is 1.88. The molecule has 6 heteroatoms. The number of carboxylic acids is 1. The van der Waals surface area contributed by atoms with Crippen molar-refractivity contribution in [2.75, 3.05) is 25.0 Å². The van der Waals surface area contributed by atoms with Crippen LogP contribution >= 0.6 is 11.6 Å². The van der Waals surface area contributed by atoms with Gasteiger partial charge in [0.2, 0.25) is 0 Å². The molecule has 2 heterocycles. The van der Waals surface area contributed by atoms with Gasteiger partial charge in [0.05, 0.1) is 0 Å². The number of nitrogens with zero attached hydrogens (tertiary/aromatic N) is 2. The number of rotatable bonds is 3. The van der Waals surface area contributed by atoms with E-state index < -0.39 is 5.97 Å². The molecule has 1 aliphatic heterocycles. The third-order valence-electron chi connectivity index (χ3n) is 3.26. The highest BCUT2D eigenvalue weighted by molar-refractivity contribution is 6.29. The standard InChI is InChI=1S/C12H16ClN3O2/c1-16(8-4-6-14-7-5-8)11-9(12(17)18)2-3-10(13)15-11/h2-3,8,14H,4-7H2,1H3,(H,17,18). The lowest BCUT2D eigenvalue weighted by atomic mass is 10.0. The molecule has 0 radical (unpaired) electrons. The smallest absolute Gasteiger partial charge is 0.339 e. The third kappa shape index (κ3) is 2.73. The average molecular weight is 270 g/mol. The summed E-state index contributed by atoms with van der Waals surface area (Å²) in [5, 5.41) is 12.8. The molecule has 1 fully saturated rings. The van der Waals surface area contributed by atoms with E-state index in [0.29, 0.717) is 17.0 Å². The van der Waals surface area contributed by atoms with Crippen molar-refractivity contribution in [1.29, 1.82) is 0 Å². The summed E-state index contributed by atoms with van der Waals surface area (Å²) >= 11 is 5.86. The van der Waals surface area contributed by atoms with Crippen LogP contribution in [0.1, 0.15) is 23.2 Å². The van der Waals surface area contributed by atoms with Crippen LogP contribution in [0.5, 0.6) is 0 Å². The summed E-state index contributed by atoms with van der Waals surface area (Å²) in [6, 6.07) is 3.31. The Morgan fingerprint density at radius 2 is 2.17 bits per heavy atom. The first-order valence-corrected chi connectivity index (χ1v) is 6.31. The van der Waals surface area contributed by atoms with E-state index >= 15 is 0 Å². The minimum absolute atomic E-state index is 0.195. The van der Waals surface area contributed by atoms with Gasteiger partial charge in [0.1, 0.15) is 16.5 Å². The molecule has 0 aliphatic carbocycles. The molecule has 0 unspecified atom stereocenters. The molecular weight excluding hydrogens is 254 g/mol. The van der Waals surface area contributed by atoms with Gasteiger partial charge in [-0.15, -0.1) is 0 Å². The van der Waals surface area contributed by atoms with Crippen molar-refractivity contribution in [3.05, 3.63) is 22.8 Å². The zero-order valence-electron chi connectivity index (χ0n) is 10.2. The van der Waals surface area contributed by atoms with Crippen LogP contribution in [-0.2, 0) is 0 Å². The van der Waals surface area contributed by atoms with Crippen molar-refractivity contribution in [2.24, 2.45) is 0 Å². The minimum atomic E-state index is -0.977. The monoisotopic (exact) mass is 269 g/mol. The van der Waals surface area contributed by atoms with Crippen LogP contribution in [0.3, 0.4) is 0 Å². The first-order chi connectivity index (χ1) is 8.59. The van der Waals surface area contributed by atoms with E-state index in [0.717, 1.165) is 25.9 Å². The number of aromatic nitrogens is 1. The number of aromatic carboxylic acids is 1. The number of pyridine rings is 1. The molecule has 98 valence electrons. The summed E-state index contributed by atoms with van der Waals surface area (Å²) in [6.07, 6.45) is 1.95. The van der Waals surface area contributed by atoms with Gasteiger partial charge in [0.25, 0.3) is 0 Å². The zero-order chi connectivity index (χ0) is 13.1. The number of carboxylic acid groups (broad SMARTS) is 1. The zero-order valence-corrected chi connectivity index (χ0v) is 10.9. The van der Waals surface area contributed by atoms with E-state index in [-0.39, 0.29) is 5.56 Å². The van der Waals surface area contributed by atoms with Gasteiger partial charge in [-0.1, -0.05) is 11.6 Å². The van der Waals surface area contributed by atoms with Gasteiger partial charge in [0.15, 0.2) is 0 Å². The molecule has 5 nitrogen and oxygen atoms in total. The molecule has 2 rings (SSSR count). The first kappa shape index (κ1) is 13.1. The molecule has 0 saturated carbocycles. The highest BCUT2D eigenvalue weighted by Gasteiger charge is 2.23. The van der Waals surface area contributed by atoms with Gasteiger partial charge in [-0.05, 0) is 38.1 Å². The number of nitrogens with one attached hydrogen (secondary N) is 1. The molecule has 0 atom stereocenters. The Kier molecular flexibility index (Phi) is 4.04. The third-order valence-corrected chi connectivity index (χ3v) is 3.47. The van der Waals surface area contributed by atoms with E-state index in [2.05, 4.69) is 10.3 Å². The number of anilines is 1. The van der Waals surface area contributed by atoms with Crippen LogP contribution in [0.2, 0.25) is 5.15 Å². The van der Waals surface area contributed by atoms with Gasteiger partial charge in [-0.3, -0.25) is 0 Å². The van der Waals surface area contributed by atoms with Crippen molar-refractivity contribution in [3.8, 4) is 0 Å². The molecular formula is C12H16ClN3O2. The Hall–Kier alpha value is -1.33. The highest BCUT2D eigenvalue weighted by Crippen LogP contribution is 2.24. The van der Waals surface area contributed by atoms with E-state index in [1.807, 2.05) is 11.9 Å². The van der Waals surface area contributed by atoms with E-state index in [4.69, 9.17) is 11.6 Å². The Balaban J connectivity index is 2.30. The van der Waals surface area contributed by atoms with Crippen molar-refractivity contribution >= 4 is 23.4 Å². The van der Waals surface area contributed by atoms with Crippen molar-refractivity contribution in [2.45, 2.75) is 18.9 Å². The quantitative estimate of drug-likeness (QED) is 0.817. The number of halogens is 1. The Bertz CT molecular complexity index is 447. The minimum Gasteiger partial charge on any atom is -0.478 e. The second kappa shape index (κ2) is 5.54. The summed E-state index contributed by atoms with van der Waals surface area (Å²) in [5.74, 6) is -0.531. The molecule has 1 aromatic heterocycles. The van der Waals surface area contributed by atoms with Gasteiger partial charge in [-0.2, -0.15) is 0 Å². The second-order valence-electron chi connectivity index (χ2n) is 4.40. The predicted molar refractivity (Wildman–Crippen MR) is 70.5 cm³/mol. The van der Waals surface area contributed by atoms with Crippen molar-refractivity contribution in [3.63, 3.8) is 0 Å². The molecule has 0 spiro atoms. The maximum Gasteiger partial charge on any atom is 0.339 e. The number of hydrogen-bond donors (Lipinski definition) is 2. The molecule has 0 amide bonds. The van der Waals surface area contributed by atoms with E-state index in [1.54, 1.807) is 0 Å². The van der Waals surface area contributed by atoms with Crippen LogP contribution in [0.4, 0.5) is 5.82 Å². The normalized spacial score (nSPS) is 16.6. The summed E-state index contributed by atoms with van der Waals surface area (Å²) < 4.78 is 0. The Morgan fingerprint density at radius 1 is 1.50 bits per heavy atom. The lowest BCUT2D eigenvalue weighted by molar-refractivity contribution is 0.0697. The van der Waals surface area contributed by atoms with Gasteiger partial charge >= 0.3 is 5.97 Å². The number of piperidine rings is 1. The summed E-state index contributed by atoms with van der Waals surface area (Å²) in [5.41, 5.74) is 0.195. The fourth-order valence-electron chi connectivity index (χ4n) is 2.23. The molecule has 0 bridgehead atoms. The van der Waals surface area contributed by atoms with Crippen LogP contribution in [0, 0.1) is 0 Å². The maximum absolute atomic E-state index is 11.2. The van der Waals surface area contributed by atoms with E-state index in [1.165, 1.54) is 12.1 Å². The van der Waals surface area contributed by atoms with Crippen LogP contribution in [0.25, 0.3) is 0 Å². The molecule has 1 aliphatic rings. The number of carbonyl (C=O) groups is 1. The SMILES string of the molecule is CN(c1nc(Cl)ccc1C(=O)O)C1CCNCC1. The van der Waals surface area contributed by atoms with Crippen LogP contribution in [0.15, 0.2) is 12.1 Å². The summed E-state index contributed by atoms with van der Waals surface area (Å²) in [6.45, 7) is 1.88. The predicted octanol–water partition coefficient (Wildman–Crippen LogP) is 1.62. The van der Waals surface area contributed by atoms with E-state index in [9.17, 15) is 9.90 Å². The van der Waals surface area contributed by atoms with Crippen LogP contribution in [-0.4, -0.2) is 42.2 Å². The van der Waals surface area contributed by atoms with Gasteiger partial charge in [0, 0.05) is 13.1 Å². The fraction of sp³-hybridized carbons (Fsp3) is 0.500. The van der Waals surface area contributed by atoms with Gasteiger partial charge in [-0.25, -0.2) is 9.78 Å². The Labute approximate surface area is 111 Å². The lowest BCUT2D eigenvalue weighted by Gasteiger charge is -2.33. The first-order valence-electron chi connectivity index (χ1n) is 5.93. The van der Waals surface area contributed by atoms with Crippen molar-refractivity contribution < 1.29 is 9.90 Å². The second-order valence-corrected chi connectivity index (χ2v) is 4.79. The fourth-order valence-corrected chi connectivity index (χ4v) is 2.37. The molecule has 1 aromatic rings. The summed E-state index contributed by atoms with van der Waals surface area (Å²) in [4.78, 5) is 17.3. The van der Waals surface area contributed by atoms with Crippen molar-refractivity contribution in [1.82, 2.24) is 10.3 Å².